The van der Waals surface area contributed by atoms with Gasteiger partial charge in [-0.3, -0.25) is 0 Å². The van der Waals surface area contributed by atoms with Crippen LogP contribution in [-0.4, -0.2) is 5.11 Å². The van der Waals surface area contributed by atoms with E-state index in [1.54, 1.807) is 12.1 Å². The molecule has 0 saturated heterocycles. The molecular weight excluding hydrogens is 189 g/mol. The molecule has 0 aliphatic rings. The number of halogens is 1. The standard InChI is InChI=1S/C9H8FNOS/c10-5-2-1-3-6-8(5)9(11)7(4-12)13-6/h1-3,12H,4,11H2. The molecule has 13 heavy (non-hydrogen) atoms. The molecule has 0 aliphatic heterocycles. The lowest BCUT2D eigenvalue weighted by Crippen LogP contribution is -1.89. The van der Waals surface area contributed by atoms with E-state index in [0.29, 0.717) is 16.0 Å². The first-order chi connectivity index (χ1) is 6.24. The van der Waals surface area contributed by atoms with E-state index in [0.717, 1.165) is 4.70 Å². The Bertz CT molecular complexity index is 452. The third kappa shape index (κ3) is 1.18. The van der Waals surface area contributed by atoms with E-state index < -0.39 is 0 Å². The van der Waals surface area contributed by atoms with Crippen LogP contribution < -0.4 is 5.73 Å². The van der Waals surface area contributed by atoms with Gasteiger partial charge in [0, 0.05) is 4.70 Å². The molecule has 0 amide bonds. The van der Waals surface area contributed by atoms with Crippen LogP contribution in [0.5, 0.6) is 0 Å². The average Bonchev–Trinajstić information content (AvgIpc) is 2.44. The van der Waals surface area contributed by atoms with Crippen LogP contribution in [0.3, 0.4) is 0 Å². The zero-order chi connectivity index (χ0) is 9.42. The van der Waals surface area contributed by atoms with Crippen LogP contribution >= 0.6 is 11.3 Å². The third-order valence-corrected chi connectivity index (χ3v) is 3.08. The van der Waals surface area contributed by atoms with Crippen molar-refractivity contribution in [3.8, 4) is 0 Å². The van der Waals surface area contributed by atoms with Crippen molar-refractivity contribution in [3.63, 3.8) is 0 Å². The van der Waals surface area contributed by atoms with Gasteiger partial charge in [0.25, 0.3) is 0 Å². The molecule has 0 spiro atoms. The highest BCUT2D eigenvalue weighted by Gasteiger charge is 2.11. The summed E-state index contributed by atoms with van der Waals surface area (Å²) in [5.74, 6) is -0.328. The Morgan fingerprint density at radius 1 is 1.46 bits per heavy atom. The van der Waals surface area contributed by atoms with Crippen LogP contribution in [0.25, 0.3) is 10.1 Å². The van der Waals surface area contributed by atoms with Crippen molar-refractivity contribution in [3.05, 3.63) is 28.9 Å². The number of thiophene rings is 1. The summed E-state index contributed by atoms with van der Waals surface area (Å²) in [5.41, 5.74) is 6.02. The summed E-state index contributed by atoms with van der Waals surface area (Å²) in [7, 11) is 0. The molecule has 0 bridgehead atoms. The third-order valence-electron chi connectivity index (χ3n) is 1.92. The van der Waals surface area contributed by atoms with Crippen LogP contribution in [0.2, 0.25) is 0 Å². The van der Waals surface area contributed by atoms with E-state index in [1.807, 2.05) is 0 Å². The Kier molecular flexibility index (Phi) is 1.94. The van der Waals surface area contributed by atoms with Crippen molar-refractivity contribution >= 4 is 27.1 Å². The molecule has 0 atom stereocenters. The maximum atomic E-state index is 13.2. The molecule has 1 heterocycles. The molecule has 0 saturated carbocycles. The van der Waals surface area contributed by atoms with Gasteiger partial charge >= 0.3 is 0 Å². The summed E-state index contributed by atoms with van der Waals surface area (Å²) in [4.78, 5) is 0.625. The predicted molar refractivity (Wildman–Crippen MR) is 52.1 cm³/mol. The fraction of sp³-hybridized carbons (Fsp3) is 0.111. The second-order valence-corrected chi connectivity index (χ2v) is 3.85. The summed E-state index contributed by atoms with van der Waals surface area (Å²) >= 11 is 1.32. The highest BCUT2D eigenvalue weighted by Crippen LogP contribution is 2.34. The molecule has 0 radical (unpaired) electrons. The van der Waals surface area contributed by atoms with Gasteiger partial charge in [0.2, 0.25) is 0 Å². The van der Waals surface area contributed by atoms with Crippen molar-refractivity contribution in [2.45, 2.75) is 6.61 Å². The summed E-state index contributed by atoms with van der Waals surface area (Å²) < 4.78 is 14.0. The van der Waals surface area contributed by atoms with Crippen LogP contribution in [0.1, 0.15) is 4.88 Å². The molecule has 2 rings (SSSR count). The Labute approximate surface area is 78.4 Å². The highest BCUT2D eigenvalue weighted by molar-refractivity contribution is 7.19. The Morgan fingerprint density at radius 2 is 2.23 bits per heavy atom. The predicted octanol–water partition coefficient (Wildman–Crippen LogP) is 2.11. The van der Waals surface area contributed by atoms with Gasteiger partial charge in [-0.1, -0.05) is 6.07 Å². The lowest BCUT2D eigenvalue weighted by atomic mass is 10.2. The largest absolute Gasteiger partial charge is 0.397 e. The fourth-order valence-corrected chi connectivity index (χ4v) is 2.29. The number of nitrogens with two attached hydrogens (primary N) is 1. The Morgan fingerprint density at radius 3 is 2.85 bits per heavy atom. The van der Waals surface area contributed by atoms with Crippen molar-refractivity contribution in [1.29, 1.82) is 0 Å². The van der Waals surface area contributed by atoms with Crippen LogP contribution in [0.15, 0.2) is 18.2 Å². The lowest BCUT2D eigenvalue weighted by molar-refractivity contribution is 0.286. The van der Waals surface area contributed by atoms with Crippen LogP contribution in [0.4, 0.5) is 10.1 Å². The number of rotatable bonds is 1. The summed E-state index contributed by atoms with van der Waals surface area (Å²) in [6, 6.07) is 4.79. The molecule has 1 aromatic heterocycles. The first-order valence-corrected chi connectivity index (χ1v) is 4.62. The van der Waals surface area contributed by atoms with Crippen LogP contribution in [-0.2, 0) is 6.61 Å². The Balaban J connectivity index is 2.85. The number of aliphatic hydroxyl groups excluding tert-OH is 1. The minimum absolute atomic E-state index is 0.134. The molecule has 2 nitrogen and oxygen atoms in total. The van der Waals surface area contributed by atoms with Crippen molar-refractivity contribution in [2.75, 3.05) is 5.73 Å². The van der Waals surface area contributed by atoms with Gasteiger partial charge in [-0.15, -0.1) is 11.3 Å². The van der Waals surface area contributed by atoms with Gasteiger partial charge in [-0.05, 0) is 12.1 Å². The molecule has 2 aromatic rings. The number of hydrogen-bond acceptors (Lipinski definition) is 3. The first kappa shape index (κ1) is 8.47. The van der Waals surface area contributed by atoms with E-state index in [2.05, 4.69) is 0 Å². The normalized spacial score (nSPS) is 10.9. The minimum Gasteiger partial charge on any atom is -0.397 e. The van der Waals surface area contributed by atoms with Gasteiger partial charge in [0.15, 0.2) is 0 Å². The smallest absolute Gasteiger partial charge is 0.133 e. The van der Waals surface area contributed by atoms with Crippen molar-refractivity contribution < 1.29 is 9.50 Å². The molecule has 0 fully saturated rings. The van der Waals surface area contributed by atoms with Crippen molar-refractivity contribution in [1.82, 2.24) is 0 Å². The molecule has 3 N–H and O–H groups in total. The van der Waals surface area contributed by atoms with Gasteiger partial charge in [-0.25, -0.2) is 4.39 Å². The SMILES string of the molecule is Nc1c(CO)sc2cccc(F)c12. The molecular formula is C9H8FNOS. The highest BCUT2D eigenvalue weighted by atomic mass is 32.1. The van der Waals surface area contributed by atoms with Gasteiger partial charge in [0.05, 0.1) is 22.6 Å². The number of anilines is 1. The molecule has 0 unspecified atom stereocenters. The average molecular weight is 197 g/mol. The lowest BCUT2D eigenvalue weighted by Gasteiger charge is -1.94. The van der Waals surface area contributed by atoms with Crippen LogP contribution in [0, 0.1) is 5.82 Å². The monoisotopic (exact) mass is 197 g/mol. The number of benzene rings is 1. The number of fused-ring (bicyclic) bond motifs is 1. The number of aliphatic hydroxyl groups is 1. The minimum atomic E-state index is -0.328. The van der Waals surface area contributed by atoms with Crippen molar-refractivity contribution in [2.24, 2.45) is 0 Å². The summed E-state index contributed by atoms with van der Waals surface area (Å²) in [6.45, 7) is -0.134. The molecule has 1 aromatic carbocycles. The maximum Gasteiger partial charge on any atom is 0.133 e. The second-order valence-electron chi connectivity index (χ2n) is 2.71. The fourth-order valence-electron chi connectivity index (χ4n) is 1.30. The maximum absolute atomic E-state index is 13.2. The summed E-state index contributed by atoms with van der Waals surface area (Å²) in [5, 5.41) is 9.35. The van der Waals surface area contributed by atoms with Gasteiger partial charge < -0.3 is 10.8 Å². The number of hydrogen-bond donors (Lipinski definition) is 2. The Hall–Kier alpha value is -1.13. The second kappa shape index (κ2) is 2.97. The van der Waals surface area contributed by atoms with E-state index in [1.165, 1.54) is 17.4 Å². The van der Waals surface area contributed by atoms with Gasteiger partial charge in [0.1, 0.15) is 5.82 Å². The first-order valence-electron chi connectivity index (χ1n) is 3.80. The zero-order valence-electron chi connectivity index (χ0n) is 6.75. The van der Waals surface area contributed by atoms with Gasteiger partial charge in [-0.2, -0.15) is 0 Å². The zero-order valence-corrected chi connectivity index (χ0v) is 7.57. The summed E-state index contributed by atoms with van der Waals surface area (Å²) in [6.07, 6.45) is 0. The molecule has 4 heteroatoms. The van der Waals surface area contributed by atoms with E-state index in [9.17, 15) is 4.39 Å². The number of nitrogen functional groups attached to an aromatic ring is 1. The topological polar surface area (TPSA) is 46.2 Å². The molecule has 0 aliphatic carbocycles. The molecule has 68 valence electrons. The van der Waals surface area contributed by atoms with E-state index in [4.69, 9.17) is 10.8 Å². The van der Waals surface area contributed by atoms with E-state index in [-0.39, 0.29) is 12.4 Å². The van der Waals surface area contributed by atoms with E-state index >= 15 is 0 Å². The quantitative estimate of drug-likeness (QED) is 0.735.